The molecule has 0 saturated carbocycles. The number of thiocarbonyl (C=S) groups is 1. The van der Waals surface area contributed by atoms with Crippen LogP contribution in [0.1, 0.15) is 6.92 Å². The van der Waals surface area contributed by atoms with Gasteiger partial charge in [-0.15, -0.1) is 0 Å². The number of rotatable bonds is 2. The van der Waals surface area contributed by atoms with Gasteiger partial charge in [0.05, 0.1) is 17.6 Å². The molecule has 0 fully saturated rings. The van der Waals surface area contributed by atoms with Gasteiger partial charge in [0.25, 0.3) is 5.17 Å². The van der Waals surface area contributed by atoms with Crippen molar-refractivity contribution < 1.29 is 4.74 Å². The van der Waals surface area contributed by atoms with Crippen molar-refractivity contribution in [2.24, 2.45) is 0 Å². The Hall–Kier alpha value is -1.62. The summed E-state index contributed by atoms with van der Waals surface area (Å²) in [7, 11) is 0. The first-order chi connectivity index (χ1) is 7.29. The molecule has 0 aliphatic carbocycles. The fraction of sp³-hybridized carbons (Fsp3) is 0.200. The third-order valence-electron chi connectivity index (χ3n) is 1.89. The second kappa shape index (κ2) is 4.27. The lowest BCUT2D eigenvalue weighted by atomic mass is 10.3. The van der Waals surface area contributed by atoms with Crippen LogP contribution in [0.5, 0.6) is 0 Å². The molecule has 15 heavy (non-hydrogen) atoms. The van der Waals surface area contributed by atoms with Crippen molar-refractivity contribution >= 4 is 34.4 Å². The monoisotopic (exact) mass is 221 g/mol. The molecule has 0 spiro atoms. The van der Waals surface area contributed by atoms with E-state index < -0.39 is 0 Å². The molecule has 2 N–H and O–H groups in total. The predicted octanol–water partition coefficient (Wildman–Crippen LogP) is 2.30. The van der Waals surface area contributed by atoms with E-state index >= 15 is 0 Å². The first-order valence-electron chi connectivity index (χ1n) is 4.68. The number of imidazole rings is 1. The maximum atomic E-state index is 5.10. The topological polar surface area (TPSA) is 49.9 Å². The van der Waals surface area contributed by atoms with Crippen molar-refractivity contribution in [1.82, 2.24) is 9.97 Å². The number of para-hydroxylation sites is 2. The van der Waals surface area contributed by atoms with Gasteiger partial charge in [0.2, 0.25) is 5.95 Å². The molecule has 4 nitrogen and oxygen atoms in total. The van der Waals surface area contributed by atoms with Crippen LogP contribution >= 0.6 is 12.2 Å². The minimum Gasteiger partial charge on any atom is -0.471 e. The number of anilines is 1. The highest BCUT2D eigenvalue weighted by Crippen LogP contribution is 2.13. The molecule has 0 aliphatic heterocycles. The van der Waals surface area contributed by atoms with Crippen molar-refractivity contribution in [2.75, 3.05) is 11.9 Å². The molecule has 0 amide bonds. The Bertz CT molecular complexity index is 447. The van der Waals surface area contributed by atoms with Crippen LogP contribution in [0.15, 0.2) is 24.3 Å². The molecule has 5 heteroatoms. The lowest BCUT2D eigenvalue weighted by Crippen LogP contribution is -2.13. The molecular weight excluding hydrogens is 210 g/mol. The van der Waals surface area contributed by atoms with Gasteiger partial charge in [-0.2, -0.15) is 0 Å². The average Bonchev–Trinajstić information content (AvgIpc) is 2.59. The number of aromatic amines is 1. The van der Waals surface area contributed by atoms with E-state index in [9.17, 15) is 0 Å². The summed E-state index contributed by atoms with van der Waals surface area (Å²) in [5.74, 6) is 0.606. The maximum absolute atomic E-state index is 5.10. The first kappa shape index (κ1) is 9.92. The van der Waals surface area contributed by atoms with Crippen molar-refractivity contribution in [3.63, 3.8) is 0 Å². The fourth-order valence-electron chi connectivity index (χ4n) is 1.28. The van der Waals surface area contributed by atoms with E-state index in [1.807, 2.05) is 31.2 Å². The zero-order valence-electron chi connectivity index (χ0n) is 8.28. The Morgan fingerprint density at radius 3 is 3.07 bits per heavy atom. The van der Waals surface area contributed by atoms with Gasteiger partial charge in [-0.3, -0.25) is 5.32 Å². The number of nitrogens with zero attached hydrogens (tertiary/aromatic N) is 1. The summed E-state index contributed by atoms with van der Waals surface area (Å²) in [6, 6.07) is 7.77. The van der Waals surface area contributed by atoms with Crippen LogP contribution in [-0.4, -0.2) is 21.7 Å². The van der Waals surface area contributed by atoms with Crippen LogP contribution in [0.3, 0.4) is 0 Å². The minimum atomic E-state index is 0.330. The van der Waals surface area contributed by atoms with E-state index in [1.165, 1.54) is 0 Å². The van der Waals surface area contributed by atoms with Gasteiger partial charge in [-0.05, 0) is 31.3 Å². The number of hydrogen-bond donors (Lipinski definition) is 2. The van der Waals surface area contributed by atoms with Crippen LogP contribution in [-0.2, 0) is 4.74 Å². The van der Waals surface area contributed by atoms with Crippen LogP contribution in [0, 0.1) is 0 Å². The Balaban J connectivity index is 2.18. The highest BCUT2D eigenvalue weighted by molar-refractivity contribution is 7.80. The SMILES string of the molecule is CCOC(=S)Nc1nc2ccccc2[nH]1. The van der Waals surface area contributed by atoms with Crippen LogP contribution < -0.4 is 5.32 Å². The predicted molar refractivity (Wildman–Crippen MR) is 63.9 cm³/mol. The number of H-pyrrole nitrogens is 1. The maximum Gasteiger partial charge on any atom is 0.263 e. The largest absolute Gasteiger partial charge is 0.471 e. The summed E-state index contributed by atoms with van der Waals surface area (Å²) in [6.45, 7) is 2.43. The minimum absolute atomic E-state index is 0.330. The molecule has 1 aromatic heterocycles. The van der Waals surface area contributed by atoms with Crippen molar-refractivity contribution in [3.8, 4) is 0 Å². The number of nitrogens with one attached hydrogen (secondary N) is 2. The summed E-state index contributed by atoms with van der Waals surface area (Å²) in [6.07, 6.45) is 0. The van der Waals surface area contributed by atoms with E-state index in [0.717, 1.165) is 11.0 Å². The molecule has 1 aromatic carbocycles. The molecular formula is C10H11N3OS. The first-order valence-corrected chi connectivity index (χ1v) is 5.09. The molecule has 0 saturated heterocycles. The molecule has 0 aliphatic rings. The lowest BCUT2D eigenvalue weighted by molar-refractivity contribution is 0.335. The van der Waals surface area contributed by atoms with Crippen LogP contribution in [0.4, 0.5) is 5.95 Å². The molecule has 0 radical (unpaired) electrons. The Morgan fingerprint density at radius 1 is 1.53 bits per heavy atom. The van der Waals surface area contributed by atoms with E-state index in [0.29, 0.717) is 17.7 Å². The van der Waals surface area contributed by atoms with Crippen molar-refractivity contribution in [3.05, 3.63) is 24.3 Å². The average molecular weight is 221 g/mol. The Kier molecular flexibility index (Phi) is 2.82. The molecule has 0 bridgehead atoms. The van der Waals surface area contributed by atoms with Gasteiger partial charge in [-0.25, -0.2) is 4.98 Å². The normalized spacial score (nSPS) is 10.2. The zero-order valence-corrected chi connectivity index (χ0v) is 9.10. The van der Waals surface area contributed by atoms with Gasteiger partial charge >= 0.3 is 0 Å². The third kappa shape index (κ3) is 2.24. The second-order valence-corrected chi connectivity index (χ2v) is 3.32. The van der Waals surface area contributed by atoms with Crippen molar-refractivity contribution in [1.29, 1.82) is 0 Å². The summed E-state index contributed by atoms with van der Waals surface area (Å²) in [5.41, 5.74) is 1.87. The number of aromatic nitrogens is 2. The summed E-state index contributed by atoms with van der Waals surface area (Å²) >= 11 is 4.95. The third-order valence-corrected chi connectivity index (χ3v) is 2.11. The van der Waals surface area contributed by atoms with E-state index in [-0.39, 0.29) is 0 Å². The number of benzene rings is 1. The van der Waals surface area contributed by atoms with Crippen molar-refractivity contribution in [2.45, 2.75) is 6.92 Å². The standard InChI is InChI=1S/C10H11N3OS/c1-2-14-10(15)13-9-11-7-5-3-4-6-8(7)12-9/h3-6H,2H2,1H3,(H2,11,12,13,15). The molecule has 2 aromatic rings. The smallest absolute Gasteiger partial charge is 0.263 e. The summed E-state index contributed by atoms with van der Waals surface area (Å²) < 4.78 is 5.10. The Morgan fingerprint density at radius 2 is 2.33 bits per heavy atom. The van der Waals surface area contributed by atoms with Gasteiger partial charge in [0.15, 0.2) is 0 Å². The number of ether oxygens (including phenoxy) is 1. The number of fused-ring (bicyclic) bond motifs is 1. The molecule has 0 atom stereocenters. The Labute approximate surface area is 92.7 Å². The lowest BCUT2D eigenvalue weighted by Gasteiger charge is -2.03. The van der Waals surface area contributed by atoms with Gasteiger partial charge in [0.1, 0.15) is 0 Å². The van der Waals surface area contributed by atoms with E-state index in [4.69, 9.17) is 17.0 Å². The van der Waals surface area contributed by atoms with Crippen LogP contribution in [0.25, 0.3) is 11.0 Å². The highest BCUT2D eigenvalue weighted by atomic mass is 32.1. The van der Waals surface area contributed by atoms with E-state index in [1.54, 1.807) is 0 Å². The van der Waals surface area contributed by atoms with Gasteiger partial charge in [0, 0.05) is 0 Å². The van der Waals surface area contributed by atoms with E-state index in [2.05, 4.69) is 15.3 Å². The second-order valence-electron chi connectivity index (χ2n) is 2.95. The fourth-order valence-corrected chi connectivity index (χ4v) is 1.49. The quantitative estimate of drug-likeness (QED) is 0.764. The summed E-state index contributed by atoms with van der Waals surface area (Å²) in [4.78, 5) is 7.40. The molecule has 78 valence electrons. The van der Waals surface area contributed by atoms with Gasteiger partial charge in [-0.1, -0.05) is 12.1 Å². The highest BCUT2D eigenvalue weighted by Gasteiger charge is 2.03. The molecule has 2 rings (SSSR count). The van der Waals surface area contributed by atoms with Crippen LogP contribution in [0.2, 0.25) is 0 Å². The zero-order chi connectivity index (χ0) is 10.7. The van der Waals surface area contributed by atoms with Gasteiger partial charge < -0.3 is 9.72 Å². The molecule has 1 heterocycles. The molecule has 0 unspecified atom stereocenters. The number of hydrogen-bond acceptors (Lipinski definition) is 3. The summed E-state index contributed by atoms with van der Waals surface area (Å²) in [5, 5.41) is 3.20.